The van der Waals surface area contributed by atoms with Crippen molar-refractivity contribution in [1.29, 1.82) is 0 Å². The van der Waals surface area contributed by atoms with Crippen molar-refractivity contribution in [2.45, 2.75) is 6.42 Å². The van der Waals surface area contributed by atoms with Crippen LogP contribution in [-0.4, -0.2) is 6.61 Å². The molecule has 0 fully saturated rings. The van der Waals surface area contributed by atoms with Gasteiger partial charge in [-0.3, -0.25) is 0 Å². The van der Waals surface area contributed by atoms with E-state index in [1.165, 1.54) is 6.26 Å². The minimum Gasteiger partial charge on any atom is -0.497 e. The molecule has 0 aromatic heterocycles. The number of hydrogen-bond donors (Lipinski definition) is 0. The van der Waals surface area contributed by atoms with E-state index in [-0.39, 0.29) is 0 Å². The number of hydrogen-bond acceptors (Lipinski definition) is 1. The quantitative estimate of drug-likeness (QED) is 0.403. The van der Waals surface area contributed by atoms with Crippen molar-refractivity contribution in [3.8, 4) is 0 Å². The molecule has 0 bridgehead atoms. The Kier molecular flexibility index (Phi) is 4.60. The lowest BCUT2D eigenvalue weighted by molar-refractivity contribution is 0.280. The third-order valence-corrected chi connectivity index (χ3v) is 0.838. The molecule has 0 aliphatic rings. The fourth-order valence-electron chi connectivity index (χ4n) is 0.440. The van der Waals surface area contributed by atoms with Gasteiger partial charge in [0.15, 0.2) is 0 Å². The van der Waals surface area contributed by atoms with E-state index in [0.717, 1.165) is 12.0 Å². The summed E-state index contributed by atoms with van der Waals surface area (Å²) in [6.07, 6.45) is 4.02. The Morgan fingerprint density at radius 3 is 2.56 bits per heavy atom. The monoisotopic (exact) mass is 124 g/mol. The van der Waals surface area contributed by atoms with E-state index in [2.05, 4.69) is 19.7 Å². The van der Waals surface area contributed by atoms with Crippen LogP contribution in [0.3, 0.4) is 0 Å². The van der Waals surface area contributed by atoms with Crippen molar-refractivity contribution in [1.82, 2.24) is 0 Å². The number of ether oxygens (including phenoxy) is 1. The molecule has 0 saturated carbocycles. The highest BCUT2D eigenvalue weighted by Crippen LogP contribution is 1.97. The van der Waals surface area contributed by atoms with E-state index >= 15 is 0 Å². The molecule has 0 aromatic carbocycles. The SMILES string of the molecule is C=CCC(=C)COC=C. The van der Waals surface area contributed by atoms with Crippen LogP contribution in [0.1, 0.15) is 6.42 Å². The second-order valence-electron chi connectivity index (χ2n) is 1.72. The van der Waals surface area contributed by atoms with Crippen molar-refractivity contribution in [2.24, 2.45) is 0 Å². The lowest BCUT2D eigenvalue weighted by Gasteiger charge is -1.99. The van der Waals surface area contributed by atoms with Gasteiger partial charge in [0.1, 0.15) is 6.61 Å². The molecule has 0 aromatic rings. The average molecular weight is 124 g/mol. The van der Waals surface area contributed by atoms with Gasteiger partial charge < -0.3 is 4.74 Å². The molecule has 1 heteroatoms. The van der Waals surface area contributed by atoms with Gasteiger partial charge in [-0.05, 0) is 12.0 Å². The second kappa shape index (κ2) is 5.16. The van der Waals surface area contributed by atoms with Crippen LogP contribution in [0.4, 0.5) is 0 Å². The summed E-state index contributed by atoms with van der Waals surface area (Å²) in [5, 5.41) is 0. The first-order valence-corrected chi connectivity index (χ1v) is 2.81. The molecule has 0 N–H and O–H groups in total. The summed E-state index contributed by atoms with van der Waals surface area (Å²) in [5.74, 6) is 0. The third kappa shape index (κ3) is 4.88. The minimum absolute atomic E-state index is 0.551. The summed E-state index contributed by atoms with van der Waals surface area (Å²) in [6.45, 7) is 11.3. The van der Waals surface area contributed by atoms with Gasteiger partial charge >= 0.3 is 0 Å². The number of rotatable bonds is 5. The van der Waals surface area contributed by atoms with Crippen LogP contribution in [0.15, 0.2) is 37.6 Å². The third-order valence-electron chi connectivity index (χ3n) is 0.838. The van der Waals surface area contributed by atoms with Crippen LogP contribution >= 0.6 is 0 Å². The van der Waals surface area contributed by atoms with E-state index in [0.29, 0.717) is 6.61 Å². The zero-order valence-corrected chi connectivity index (χ0v) is 5.60. The zero-order valence-electron chi connectivity index (χ0n) is 5.60. The molecular weight excluding hydrogens is 112 g/mol. The molecule has 0 radical (unpaired) electrons. The maximum Gasteiger partial charge on any atom is 0.108 e. The van der Waals surface area contributed by atoms with E-state index in [1.807, 2.05) is 0 Å². The fourth-order valence-corrected chi connectivity index (χ4v) is 0.440. The molecule has 0 heterocycles. The molecule has 1 nitrogen and oxygen atoms in total. The molecule has 9 heavy (non-hydrogen) atoms. The van der Waals surface area contributed by atoms with Gasteiger partial charge in [-0.15, -0.1) is 6.58 Å². The second-order valence-corrected chi connectivity index (χ2v) is 1.72. The van der Waals surface area contributed by atoms with Crippen molar-refractivity contribution in [3.63, 3.8) is 0 Å². The number of allylic oxidation sites excluding steroid dienone is 1. The van der Waals surface area contributed by atoms with Crippen LogP contribution < -0.4 is 0 Å². The Morgan fingerprint density at radius 1 is 1.44 bits per heavy atom. The summed E-state index contributed by atoms with van der Waals surface area (Å²) in [5.41, 5.74) is 1.02. The van der Waals surface area contributed by atoms with Crippen LogP contribution in [0.2, 0.25) is 0 Å². The van der Waals surface area contributed by atoms with E-state index in [4.69, 9.17) is 4.74 Å². The van der Waals surface area contributed by atoms with E-state index < -0.39 is 0 Å². The lowest BCUT2D eigenvalue weighted by atomic mass is 10.2. The zero-order chi connectivity index (χ0) is 7.11. The smallest absolute Gasteiger partial charge is 0.108 e. The summed E-state index contributed by atoms with van der Waals surface area (Å²) in [6, 6.07) is 0. The van der Waals surface area contributed by atoms with Gasteiger partial charge in [0.05, 0.1) is 6.26 Å². The van der Waals surface area contributed by atoms with Gasteiger partial charge in [-0.2, -0.15) is 0 Å². The maximum absolute atomic E-state index is 4.86. The van der Waals surface area contributed by atoms with Gasteiger partial charge in [-0.1, -0.05) is 19.2 Å². The van der Waals surface area contributed by atoms with Gasteiger partial charge in [0.2, 0.25) is 0 Å². The van der Waals surface area contributed by atoms with Crippen LogP contribution in [0.25, 0.3) is 0 Å². The normalized spacial score (nSPS) is 8.00. The first-order valence-electron chi connectivity index (χ1n) is 2.81. The Bertz CT molecular complexity index is 114. The average Bonchev–Trinajstić information content (AvgIpc) is 1.85. The first kappa shape index (κ1) is 8.02. The van der Waals surface area contributed by atoms with Crippen LogP contribution in [0, 0.1) is 0 Å². The molecule has 0 aliphatic carbocycles. The predicted molar refractivity (Wildman–Crippen MR) is 40.1 cm³/mol. The van der Waals surface area contributed by atoms with Gasteiger partial charge in [-0.25, -0.2) is 0 Å². The summed E-state index contributed by atoms with van der Waals surface area (Å²) in [7, 11) is 0. The molecule has 0 aliphatic heterocycles. The molecule has 0 unspecified atom stereocenters. The van der Waals surface area contributed by atoms with Crippen molar-refractivity contribution >= 4 is 0 Å². The Morgan fingerprint density at radius 2 is 2.11 bits per heavy atom. The summed E-state index contributed by atoms with van der Waals surface area (Å²) >= 11 is 0. The van der Waals surface area contributed by atoms with Crippen LogP contribution in [-0.2, 0) is 4.74 Å². The molecule has 0 rings (SSSR count). The predicted octanol–water partition coefficient (Wildman–Crippen LogP) is 2.28. The summed E-state index contributed by atoms with van der Waals surface area (Å²) in [4.78, 5) is 0. The van der Waals surface area contributed by atoms with Gasteiger partial charge in [0, 0.05) is 0 Å². The minimum atomic E-state index is 0.551. The van der Waals surface area contributed by atoms with E-state index in [1.54, 1.807) is 6.08 Å². The Hall–Kier alpha value is -0.980. The highest BCUT2D eigenvalue weighted by atomic mass is 16.5. The van der Waals surface area contributed by atoms with Crippen molar-refractivity contribution in [3.05, 3.63) is 37.6 Å². The Labute approximate surface area is 56.3 Å². The molecule has 0 atom stereocenters. The molecule has 50 valence electrons. The lowest BCUT2D eigenvalue weighted by Crippen LogP contribution is -1.89. The molecular formula is C8H12O. The first-order chi connectivity index (χ1) is 4.31. The van der Waals surface area contributed by atoms with Crippen molar-refractivity contribution < 1.29 is 4.74 Å². The molecule has 0 amide bonds. The van der Waals surface area contributed by atoms with E-state index in [9.17, 15) is 0 Å². The topological polar surface area (TPSA) is 9.23 Å². The largest absolute Gasteiger partial charge is 0.497 e. The van der Waals surface area contributed by atoms with Gasteiger partial charge in [0.25, 0.3) is 0 Å². The molecule has 0 saturated heterocycles. The highest BCUT2D eigenvalue weighted by Gasteiger charge is 1.86. The fraction of sp³-hybridized carbons (Fsp3) is 0.250. The molecule has 0 spiro atoms. The standard InChI is InChI=1S/C8H12O/c1-4-6-8(3)7-9-5-2/h4-5H,1-3,6-7H2. The summed E-state index contributed by atoms with van der Waals surface area (Å²) < 4.78 is 4.86. The Balaban J connectivity index is 3.26. The van der Waals surface area contributed by atoms with Crippen LogP contribution in [0.5, 0.6) is 0 Å². The maximum atomic E-state index is 4.86. The van der Waals surface area contributed by atoms with Crippen molar-refractivity contribution in [2.75, 3.05) is 6.61 Å². The highest BCUT2D eigenvalue weighted by molar-refractivity contribution is 5.00.